The van der Waals surface area contributed by atoms with Gasteiger partial charge in [-0.25, -0.2) is 8.42 Å². The first-order valence-electron chi connectivity index (χ1n) is 5.73. The van der Waals surface area contributed by atoms with Crippen LogP contribution in [-0.4, -0.2) is 40.8 Å². The van der Waals surface area contributed by atoms with Crippen LogP contribution in [0.3, 0.4) is 0 Å². The molecule has 1 rings (SSSR count). The number of carbonyl (C=O) groups excluding carboxylic acids is 1. The monoisotopic (exact) mass is 302 g/mol. The Morgan fingerprint density at radius 3 is 2.20 bits per heavy atom. The lowest BCUT2D eigenvalue weighted by molar-refractivity contribution is -0.118. The molecule has 0 aromatic heterocycles. The number of sulfonamides is 1. The second-order valence-corrected chi connectivity index (χ2v) is 6.04. The third kappa shape index (κ3) is 3.32. The van der Waals surface area contributed by atoms with E-state index in [9.17, 15) is 13.2 Å². The van der Waals surface area contributed by atoms with Crippen LogP contribution >= 0.6 is 0 Å². The van der Waals surface area contributed by atoms with Gasteiger partial charge in [0.25, 0.3) is 0 Å². The summed E-state index contributed by atoms with van der Waals surface area (Å²) in [4.78, 5) is 11.3. The highest BCUT2D eigenvalue weighted by atomic mass is 32.2. The molecule has 0 heterocycles. The second kappa shape index (κ2) is 6.00. The van der Waals surface area contributed by atoms with Crippen LogP contribution in [0.15, 0.2) is 18.2 Å². The molecule has 1 amide bonds. The topological polar surface area (TPSA) is 98.9 Å². The van der Waals surface area contributed by atoms with Gasteiger partial charge in [-0.2, -0.15) is 0 Å². The quantitative estimate of drug-likeness (QED) is 0.817. The summed E-state index contributed by atoms with van der Waals surface area (Å²) in [7, 11) is -0.766. The van der Waals surface area contributed by atoms with Gasteiger partial charge >= 0.3 is 0 Å². The van der Waals surface area contributed by atoms with E-state index in [2.05, 4.69) is 0 Å². The zero-order valence-electron chi connectivity index (χ0n) is 11.8. The molecule has 1 aromatic rings. The van der Waals surface area contributed by atoms with E-state index >= 15 is 0 Å². The van der Waals surface area contributed by atoms with Gasteiger partial charge in [-0.15, -0.1) is 0 Å². The lowest BCUT2D eigenvalue weighted by Gasteiger charge is -2.27. The van der Waals surface area contributed by atoms with E-state index in [0.29, 0.717) is 11.5 Å². The molecular weight excluding hydrogens is 284 g/mol. The lowest BCUT2D eigenvalue weighted by Crippen LogP contribution is -2.45. The molecule has 0 aliphatic heterocycles. The molecule has 0 saturated carbocycles. The summed E-state index contributed by atoms with van der Waals surface area (Å²) < 4.78 is 34.9. The van der Waals surface area contributed by atoms with Crippen molar-refractivity contribution in [1.29, 1.82) is 0 Å². The molecule has 0 saturated heterocycles. The van der Waals surface area contributed by atoms with Gasteiger partial charge in [0.15, 0.2) is 11.5 Å². The van der Waals surface area contributed by atoms with Gasteiger partial charge in [0.2, 0.25) is 15.9 Å². The molecule has 1 aromatic carbocycles. The molecule has 0 bridgehead atoms. The van der Waals surface area contributed by atoms with E-state index in [-0.39, 0.29) is 5.69 Å². The van der Waals surface area contributed by atoms with E-state index in [0.717, 1.165) is 10.6 Å². The standard InChI is InChI=1S/C12H18N2O5S/c1-8(12(13)15)14(20(4,16)17)9-5-6-10(18-2)11(7-9)19-3/h5-8H,1-4H3,(H2,13,15). The van der Waals surface area contributed by atoms with Crippen molar-refractivity contribution in [2.75, 3.05) is 24.8 Å². The average Bonchev–Trinajstić information content (AvgIpc) is 2.36. The fraction of sp³-hybridized carbons (Fsp3) is 0.417. The number of rotatable bonds is 6. The summed E-state index contributed by atoms with van der Waals surface area (Å²) >= 11 is 0. The van der Waals surface area contributed by atoms with Gasteiger partial charge in [0, 0.05) is 6.07 Å². The second-order valence-electron chi connectivity index (χ2n) is 4.18. The number of methoxy groups -OCH3 is 2. The Kier molecular flexibility index (Phi) is 4.83. The third-order valence-electron chi connectivity index (χ3n) is 2.74. The summed E-state index contributed by atoms with van der Waals surface area (Å²) in [5.41, 5.74) is 5.47. The minimum Gasteiger partial charge on any atom is -0.493 e. The zero-order chi connectivity index (χ0) is 15.5. The number of primary amides is 1. The summed E-state index contributed by atoms with van der Waals surface area (Å²) in [6.07, 6.45) is 1.00. The number of anilines is 1. The molecule has 0 aliphatic carbocycles. The van der Waals surface area contributed by atoms with Gasteiger partial charge in [0.05, 0.1) is 26.2 Å². The van der Waals surface area contributed by atoms with Crippen LogP contribution in [0.25, 0.3) is 0 Å². The van der Waals surface area contributed by atoms with E-state index < -0.39 is 22.0 Å². The molecule has 20 heavy (non-hydrogen) atoms. The van der Waals surface area contributed by atoms with Crippen molar-refractivity contribution in [3.05, 3.63) is 18.2 Å². The normalized spacial score (nSPS) is 12.6. The van der Waals surface area contributed by atoms with Crippen molar-refractivity contribution in [2.45, 2.75) is 13.0 Å². The van der Waals surface area contributed by atoms with Crippen molar-refractivity contribution < 1.29 is 22.7 Å². The van der Waals surface area contributed by atoms with Gasteiger partial charge in [-0.3, -0.25) is 9.10 Å². The summed E-state index contributed by atoms with van der Waals surface area (Å²) in [6.45, 7) is 1.42. The van der Waals surface area contributed by atoms with Crippen LogP contribution in [0.4, 0.5) is 5.69 Å². The largest absolute Gasteiger partial charge is 0.493 e. The van der Waals surface area contributed by atoms with Crippen molar-refractivity contribution in [1.82, 2.24) is 0 Å². The Hall–Kier alpha value is -1.96. The van der Waals surface area contributed by atoms with Gasteiger partial charge in [-0.1, -0.05) is 0 Å². The van der Waals surface area contributed by atoms with E-state index in [4.69, 9.17) is 15.2 Å². The summed E-state index contributed by atoms with van der Waals surface area (Å²) in [5.74, 6) is 0.0666. The van der Waals surface area contributed by atoms with Gasteiger partial charge in [-0.05, 0) is 19.1 Å². The first-order chi connectivity index (χ1) is 9.22. The Labute approximate surface area is 118 Å². The Morgan fingerprint density at radius 2 is 1.80 bits per heavy atom. The number of nitrogens with two attached hydrogens (primary N) is 1. The first-order valence-corrected chi connectivity index (χ1v) is 7.58. The number of nitrogens with zero attached hydrogens (tertiary/aromatic N) is 1. The number of benzene rings is 1. The minimum atomic E-state index is -3.67. The van der Waals surface area contributed by atoms with Crippen molar-refractivity contribution in [3.8, 4) is 11.5 Å². The predicted molar refractivity (Wildman–Crippen MR) is 75.5 cm³/mol. The van der Waals surface area contributed by atoms with Crippen molar-refractivity contribution in [3.63, 3.8) is 0 Å². The minimum absolute atomic E-state index is 0.274. The maximum Gasteiger partial charge on any atom is 0.241 e. The number of amides is 1. The average molecular weight is 302 g/mol. The van der Waals surface area contributed by atoms with Crippen LogP contribution in [0.2, 0.25) is 0 Å². The Balaban J connectivity index is 3.39. The number of hydrogen-bond acceptors (Lipinski definition) is 5. The molecule has 2 N–H and O–H groups in total. The third-order valence-corrected chi connectivity index (χ3v) is 3.98. The smallest absolute Gasteiger partial charge is 0.241 e. The highest BCUT2D eigenvalue weighted by Gasteiger charge is 2.28. The van der Waals surface area contributed by atoms with Crippen LogP contribution in [0.1, 0.15) is 6.92 Å². The molecule has 0 radical (unpaired) electrons. The highest BCUT2D eigenvalue weighted by Crippen LogP contribution is 2.33. The van der Waals surface area contributed by atoms with Crippen LogP contribution < -0.4 is 19.5 Å². The predicted octanol–water partition coefficient (Wildman–Crippen LogP) is 0.344. The van der Waals surface area contributed by atoms with Gasteiger partial charge < -0.3 is 15.2 Å². The number of ether oxygens (including phenoxy) is 2. The molecule has 0 spiro atoms. The maximum atomic E-state index is 11.9. The molecule has 0 aliphatic rings. The molecule has 0 fully saturated rings. The van der Waals surface area contributed by atoms with Crippen LogP contribution in [-0.2, 0) is 14.8 Å². The number of carbonyl (C=O) groups is 1. The fourth-order valence-corrected chi connectivity index (χ4v) is 2.95. The highest BCUT2D eigenvalue weighted by molar-refractivity contribution is 7.92. The van der Waals surface area contributed by atoms with Crippen molar-refractivity contribution >= 4 is 21.6 Å². The Morgan fingerprint density at radius 1 is 1.25 bits per heavy atom. The molecule has 112 valence electrons. The Bertz CT molecular complexity index is 600. The number of hydrogen-bond donors (Lipinski definition) is 1. The summed E-state index contributed by atoms with van der Waals surface area (Å²) in [5, 5.41) is 0. The first kappa shape index (κ1) is 16.1. The zero-order valence-corrected chi connectivity index (χ0v) is 12.6. The molecule has 1 atom stereocenters. The molecule has 8 heteroatoms. The SMILES string of the molecule is COc1ccc(N(C(C)C(N)=O)S(C)(=O)=O)cc1OC. The van der Waals surface area contributed by atoms with Crippen LogP contribution in [0.5, 0.6) is 11.5 Å². The molecule has 7 nitrogen and oxygen atoms in total. The fourth-order valence-electron chi connectivity index (χ4n) is 1.78. The van der Waals surface area contributed by atoms with E-state index in [1.807, 2.05) is 0 Å². The lowest BCUT2D eigenvalue weighted by atomic mass is 10.2. The molecule has 1 unspecified atom stereocenters. The van der Waals surface area contributed by atoms with E-state index in [1.54, 1.807) is 6.07 Å². The van der Waals surface area contributed by atoms with Gasteiger partial charge in [0.1, 0.15) is 6.04 Å². The van der Waals surface area contributed by atoms with E-state index in [1.165, 1.54) is 33.3 Å². The summed E-state index contributed by atoms with van der Waals surface area (Å²) in [6, 6.07) is 3.53. The molecular formula is C12H18N2O5S. The van der Waals surface area contributed by atoms with Crippen LogP contribution in [0, 0.1) is 0 Å². The maximum absolute atomic E-state index is 11.9. The van der Waals surface area contributed by atoms with Crippen molar-refractivity contribution in [2.24, 2.45) is 5.73 Å².